The maximum atomic E-state index is 5.66. The highest BCUT2D eigenvalue weighted by Crippen LogP contribution is 2.23. The van der Waals surface area contributed by atoms with E-state index in [0.717, 1.165) is 47.0 Å². The number of aromatic nitrogens is 6. The number of hydrogen-bond acceptors (Lipinski definition) is 7. The van der Waals surface area contributed by atoms with Gasteiger partial charge in [0.05, 0.1) is 35.1 Å². The Labute approximate surface area is 143 Å². The third-order valence-electron chi connectivity index (χ3n) is 4.08. The number of thioether (sulfide) groups is 1. The second kappa shape index (κ2) is 6.82. The first-order valence-electron chi connectivity index (χ1n) is 8.02. The Kier molecular flexibility index (Phi) is 4.40. The molecule has 0 saturated carbocycles. The summed E-state index contributed by atoms with van der Waals surface area (Å²) in [7, 11) is 0. The molecule has 2 aromatic heterocycles. The molecule has 0 amide bonds. The summed E-state index contributed by atoms with van der Waals surface area (Å²) in [5, 5.41) is 12.8. The van der Waals surface area contributed by atoms with Gasteiger partial charge in [-0.2, -0.15) is 0 Å². The quantitative estimate of drug-likeness (QED) is 0.659. The fourth-order valence-corrected chi connectivity index (χ4v) is 3.68. The molecule has 0 N–H and O–H groups in total. The first-order chi connectivity index (χ1) is 11.8. The lowest BCUT2D eigenvalue weighted by atomic mass is 10.2. The summed E-state index contributed by atoms with van der Waals surface area (Å²) in [5.41, 5.74) is 3.74. The first kappa shape index (κ1) is 15.5. The van der Waals surface area contributed by atoms with Crippen LogP contribution in [-0.2, 0) is 17.0 Å². The second-order valence-corrected chi connectivity index (χ2v) is 6.75. The van der Waals surface area contributed by atoms with Crippen molar-refractivity contribution in [2.75, 3.05) is 6.61 Å². The van der Waals surface area contributed by atoms with Gasteiger partial charge in [-0.3, -0.25) is 0 Å². The molecule has 124 valence electrons. The van der Waals surface area contributed by atoms with Gasteiger partial charge >= 0.3 is 0 Å². The van der Waals surface area contributed by atoms with Crippen LogP contribution in [0.1, 0.15) is 24.2 Å². The minimum Gasteiger partial charge on any atom is -0.376 e. The first-order valence-corrected chi connectivity index (χ1v) is 9.01. The van der Waals surface area contributed by atoms with Crippen molar-refractivity contribution in [2.24, 2.45) is 0 Å². The maximum absolute atomic E-state index is 5.66. The van der Waals surface area contributed by atoms with Crippen molar-refractivity contribution in [1.82, 2.24) is 30.2 Å². The minimum absolute atomic E-state index is 0.218. The van der Waals surface area contributed by atoms with Gasteiger partial charge in [0.1, 0.15) is 0 Å². The highest BCUT2D eigenvalue weighted by atomic mass is 32.2. The fraction of sp³-hybridized carbons (Fsp3) is 0.438. The molecule has 4 rings (SSSR count). The molecule has 3 aromatic rings. The Morgan fingerprint density at radius 1 is 1.25 bits per heavy atom. The molecular weight excluding hydrogens is 324 g/mol. The van der Waals surface area contributed by atoms with Gasteiger partial charge in [-0.25, -0.2) is 14.6 Å². The van der Waals surface area contributed by atoms with Crippen molar-refractivity contribution < 1.29 is 4.74 Å². The molecule has 1 aliphatic rings. The van der Waals surface area contributed by atoms with Crippen LogP contribution in [0.5, 0.6) is 0 Å². The number of benzene rings is 1. The van der Waals surface area contributed by atoms with E-state index in [9.17, 15) is 0 Å². The average Bonchev–Trinajstić information content (AvgIpc) is 3.25. The zero-order chi connectivity index (χ0) is 16.4. The number of para-hydroxylation sites is 2. The Bertz CT molecular complexity index is 845. The summed E-state index contributed by atoms with van der Waals surface area (Å²) in [4.78, 5) is 9.35. The summed E-state index contributed by atoms with van der Waals surface area (Å²) >= 11 is 1.58. The molecule has 7 nitrogen and oxygen atoms in total. The summed E-state index contributed by atoms with van der Waals surface area (Å²) in [6.45, 7) is 3.53. The smallest absolute Gasteiger partial charge is 0.209 e. The van der Waals surface area contributed by atoms with Crippen molar-refractivity contribution in [2.45, 2.75) is 43.3 Å². The lowest BCUT2D eigenvalue weighted by Crippen LogP contribution is -2.16. The summed E-state index contributed by atoms with van der Waals surface area (Å²) in [5.74, 6) is 0.690. The van der Waals surface area contributed by atoms with Crippen molar-refractivity contribution in [3.05, 3.63) is 35.7 Å². The molecule has 1 fully saturated rings. The van der Waals surface area contributed by atoms with E-state index in [0.29, 0.717) is 12.3 Å². The van der Waals surface area contributed by atoms with E-state index in [2.05, 4.69) is 20.5 Å². The minimum atomic E-state index is 0.218. The maximum Gasteiger partial charge on any atom is 0.209 e. The Balaban J connectivity index is 1.49. The van der Waals surface area contributed by atoms with Crippen LogP contribution >= 0.6 is 11.8 Å². The van der Waals surface area contributed by atoms with Crippen LogP contribution in [-0.4, -0.2) is 42.9 Å². The Morgan fingerprint density at radius 2 is 2.08 bits per heavy atom. The molecule has 1 aliphatic heterocycles. The number of ether oxygens (including phenoxy) is 1. The molecule has 3 heterocycles. The van der Waals surface area contributed by atoms with Crippen LogP contribution < -0.4 is 0 Å². The Hall–Kier alpha value is -2.06. The molecule has 0 unspecified atom stereocenters. The van der Waals surface area contributed by atoms with E-state index in [1.165, 1.54) is 0 Å². The predicted molar refractivity (Wildman–Crippen MR) is 90.6 cm³/mol. The molecule has 0 bridgehead atoms. The van der Waals surface area contributed by atoms with Gasteiger partial charge in [0.25, 0.3) is 0 Å². The van der Waals surface area contributed by atoms with E-state index >= 15 is 0 Å². The van der Waals surface area contributed by atoms with Gasteiger partial charge in [-0.05, 0) is 42.3 Å². The van der Waals surface area contributed by atoms with Crippen LogP contribution in [0.4, 0.5) is 0 Å². The Morgan fingerprint density at radius 3 is 2.88 bits per heavy atom. The van der Waals surface area contributed by atoms with Gasteiger partial charge in [-0.15, -0.1) is 5.10 Å². The molecule has 8 heteroatoms. The zero-order valence-corrected chi connectivity index (χ0v) is 14.2. The van der Waals surface area contributed by atoms with Crippen LogP contribution in [0.25, 0.3) is 11.0 Å². The van der Waals surface area contributed by atoms with Gasteiger partial charge < -0.3 is 4.74 Å². The topological polar surface area (TPSA) is 78.6 Å². The highest BCUT2D eigenvalue weighted by molar-refractivity contribution is 7.98. The SMILES string of the molecule is Cc1nc2ccccc2nc1CSc1nnnn1C[C@@H]1CCCO1. The van der Waals surface area contributed by atoms with Crippen molar-refractivity contribution in [3.63, 3.8) is 0 Å². The van der Waals surface area contributed by atoms with Crippen molar-refractivity contribution in [3.8, 4) is 0 Å². The normalized spacial score (nSPS) is 17.6. The molecule has 24 heavy (non-hydrogen) atoms. The summed E-state index contributed by atoms with van der Waals surface area (Å²) < 4.78 is 7.49. The third-order valence-corrected chi connectivity index (χ3v) is 5.05. The van der Waals surface area contributed by atoms with Crippen LogP contribution in [0.2, 0.25) is 0 Å². The fourth-order valence-electron chi connectivity index (χ4n) is 2.79. The number of hydrogen-bond donors (Lipinski definition) is 0. The van der Waals surface area contributed by atoms with Gasteiger partial charge in [0.2, 0.25) is 5.16 Å². The molecule has 0 spiro atoms. The van der Waals surface area contributed by atoms with Crippen molar-refractivity contribution >= 4 is 22.8 Å². The van der Waals surface area contributed by atoms with Crippen LogP contribution in [0, 0.1) is 6.92 Å². The van der Waals surface area contributed by atoms with Crippen molar-refractivity contribution in [1.29, 1.82) is 0 Å². The largest absolute Gasteiger partial charge is 0.376 e. The molecule has 0 radical (unpaired) electrons. The number of rotatable bonds is 5. The van der Waals surface area contributed by atoms with Gasteiger partial charge in [0, 0.05) is 12.4 Å². The number of fused-ring (bicyclic) bond motifs is 1. The molecule has 1 aromatic carbocycles. The van der Waals surface area contributed by atoms with E-state index < -0.39 is 0 Å². The van der Waals surface area contributed by atoms with Gasteiger partial charge in [-0.1, -0.05) is 23.9 Å². The van der Waals surface area contributed by atoms with E-state index in [-0.39, 0.29) is 6.10 Å². The zero-order valence-electron chi connectivity index (χ0n) is 13.4. The van der Waals surface area contributed by atoms with E-state index in [4.69, 9.17) is 9.72 Å². The molecular formula is C16H18N6OS. The molecule has 1 saturated heterocycles. The average molecular weight is 342 g/mol. The number of aryl methyl sites for hydroxylation is 1. The summed E-state index contributed by atoms with van der Waals surface area (Å²) in [6.07, 6.45) is 2.40. The lowest BCUT2D eigenvalue weighted by molar-refractivity contribution is 0.0912. The monoisotopic (exact) mass is 342 g/mol. The second-order valence-electron chi connectivity index (χ2n) is 5.81. The van der Waals surface area contributed by atoms with E-state index in [1.807, 2.05) is 35.9 Å². The lowest BCUT2D eigenvalue weighted by Gasteiger charge is -2.10. The highest BCUT2D eigenvalue weighted by Gasteiger charge is 2.19. The number of tetrazole rings is 1. The van der Waals surface area contributed by atoms with Crippen LogP contribution in [0.15, 0.2) is 29.4 Å². The van der Waals surface area contributed by atoms with Crippen LogP contribution in [0.3, 0.4) is 0 Å². The molecule has 1 atom stereocenters. The predicted octanol–water partition coefficient (Wildman–Crippen LogP) is 2.40. The van der Waals surface area contributed by atoms with Gasteiger partial charge in [0.15, 0.2) is 0 Å². The summed E-state index contributed by atoms with van der Waals surface area (Å²) in [6, 6.07) is 7.92. The number of nitrogens with zero attached hydrogens (tertiary/aromatic N) is 6. The third kappa shape index (κ3) is 3.25. The molecule has 0 aliphatic carbocycles. The standard InChI is InChI=1S/C16H18N6OS/c1-11-15(18-14-7-3-2-6-13(14)17-11)10-24-16-19-20-21-22(16)9-12-5-4-8-23-12/h2-3,6-7,12H,4-5,8-10H2,1H3/t12-/m0/s1. The van der Waals surface area contributed by atoms with E-state index in [1.54, 1.807) is 11.8 Å².